The normalized spacial score (nSPS) is 13.5. The van der Waals surface area contributed by atoms with E-state index in [0.29, 0.717) is 6.42 Å². The molecule has 1 atom stereocenters. The number of hydrogen-bond acceptors (Lipinski definition) is 4. The van der Waals surface area contributed by atoms with E-state index in [1.807, 2.05) is 24.3 Å². The smallest absolute Gasteiger partial charge is 0.150 e. The van der Waals surface area contributed by atoms with Crippen LogP contribution in [0.3, 0.4) is 0 Å². The van der Waals surface area contributed by atoms with Crippen LogP contribution in [0.2, 0.25) is 0 Å². The van der Waals surface area contributed by atoms with E-state index >= 15 is 0 Å². The molecule has 1 unspecified atom stereocenters. The van der Waals surface area contributed by atoms with Crippen LogP contribution in [0.4, 0.5) is 0 Å². The number of aliphatic hydroxyl groups excluding tert-OH is 1. The minimum absolute atomic E-state index is 0.223. The molecule has 0 spiro atoms. The molecule has 0 amide bonds. The van der Waals surface area contributed by atoms with E-state index in [0.717, 1.165) is 16.2 Å². The number of aliphatic hydroxyl groups is 1. The molecule has 1 rings (SSSR count). The molecule has 18 heavy (non-hydrogen) atoms. The predicted molar refractivity (Wildman–Crippen MR) is 76.7 cm³/mol. The first-order valence-corrected chi connectivity index (χ1v) is 8.86. The van der Waals surface area contributed by atoms with E-state index in [2.05, 4.69) is 0 Å². The quantitative estimate of drug-likeness (QED) is 0.619. The van der Waals surface area contributed by atoms with Crippen LogP contribution in [0.1, 0.15) is 31.9 Å². The zero-order chi connectivity index (χ0) is 13.6. The van der Waals surface area contributed by atoms with Crippen molar-refractivity contribution in [3.05, 3.63) is 29.8 Å². The Morgan fingerprint density at radius 2 is 1.89 bits per heavy atom. The highest BCUT2D eigenvalue weighted by Gasteiger charge is 2.06. The van der Waals surface area contributed by atoms with Crippen molar-refractivity contribution in [2.45, 2.75) is 31.3 Å². The fraction of sp³-hybridized carbons (Fsp3) is 0.538. The van der Waals surface area contributed by atoms with Gasteiger partial charge in [0.25, 0.3) is 0 Å². The Morgan fingerprint density at radius 1 is 1.28 bits per heavy atom. The van der Waals surface area contributed by atoms with Crippen molar-refractivity contribution >= 4 is 21.6 Å². The van der Waals surface area contributed by atoms with Gasteiger partial charge in [-0.05, 0) is 36.8 Å². The van der Waals surface area contributed by atoms with E-state index in [-0.39, 0.29) is 11.5 Å². The molecule has 5 heteroatoms. The van der Waals surface area contributed by atoms with Gasteiger partial charge in [-0.2, -0.15) is 0 Å². The second-order valence-corrected chi connectivity index (χ2v) is 7.82. The number of sulfone groups is 1. The second kappa shape index (κ2) is 7.16. The first-order chi connectivity index (χ1) is 8.44. The molecule has 0 saturated heterocycles. The SMILES string of the molecule is CCS(=O)(=O)CCCSc1ccc(C(C)O)cc1. The van der Waals surface area contributed by atoms with Crippen LogP contribution >= 0.6 is 11.8 Å². The van der Waals surface area contributed by atoms with E-state index in [1.54, 1.807) is 25.6 Å². The van der Waals surface area contributed by atoms with Crippen molar-refractivity contribution in [1.82, 2.24) is 0 Å². The van der Waals surface area contributed by atoms with E-state index in [1.165, 1.54) is 0 Å². The van der Waals surface area contributed by atoms with Gasteiger partial charge < -0.3 is 5.11 Å². The Kier molecular flexibility index (Phi) is 6.18. The third kappa shape index (κ3) is 5.42. The van der Waals surface area contributed by atoms with Crippen molar-refractivity contribution in [1.29, 1.82) is 0 Å². The molecule has 1 aromatic carbocycles. The number of thioether (sulfide) groups is 1. The van der Waals surface area contributed by atoms with Crippen molar-refractivity contribution in [2.75, 3.05) is 17.3 Å². The van der Waals surface area contributed by atoms with Crippen LogP contribution in [-0.4, -0.2) is 30.8 Å². The van der Waals surface area contributed by atoms with Crippen molar-refractivity contribution in [3.8, 4) is 0 Å². The Bertz CT molecular complexity index is 450. The first-order valence-electron chi connectivity index (χ1n) is 6.06. The number of benzene rings is 1. The van der Waals surface area contributed by atoms with Gasteiger partial charge in [-0.3, -0.25) is 0 Å². The maximum Gasteiger partial charge on any atom is 0.150 e. The summed E-state index contributed by atoms with van der Waals surface area (Å²) in [6, 6.07) is 7.72. The maximum absolute atomic E-state index is 11.3. The van der Waals surface area contributed by atoms with Crippen molar-refractivity contribution in [3.63, 3.8) is 0 Å². The molecule has 0 radical (unpaired) electrons. The summed E-state index contributed by atoms with van der Waals surface area (Å²) in [5, 5.41) is 9.37. The second-order valence-electron chi connectivity index (χ2n) is 4.18. The van der Waals surface area contributed by atoms with Gasteiger partial charge in [-0.25, -0.2) is 8.42 Å². The van der Waals surface area contributed by atoms with Crippen LogP contribution < -0.4 is 0 Å². The summed E-state index contributed by atoms with van der Waals surface area (Å²) in [7, 11) is -2.84. The molecule has 0 fully saturated rings. The molecule has 0 aromatic heterocycles. The lowest BCUT2D eigenvalue weighted by atomic mass is 10.1. The first kappa shape index (κ1) is 15.5. The van der Waals surface area contributed by atoms with Gasteiger partial charge in [-0.15, -0.1) is 11.8 Å². The highest BCUT2D eigenvalue weighted by atomic mass is 32.2. The Morgan fingerprint density at radius 3 is 2.39 bits per heavy atom. The van der Waals surface area contributed by atoms with E-state index in [9.17, 15) is 13.5 Å². The maximum atomic E-state index is 11.3. The average molecular weight is 288 g/mol. The lowest BCUT2D eigenvalue weighted by Crippen LogP contribution is -2.09. The molecule has 0 saturated carbocycles. The van der Waals surface area contributed by atoms with E-state index in [4.69, 9.17) is 0 Å². The predicted octanol–water partition coefficient (Wildman–Crippen LogP) is 2.66. The third-order valence-electron chi connectivity index (χ3n) is 2.67. The van der Waals surface area contributed by atoms with Crippen LogP contribution in [0.5, 0.6) is 0 Å². The zero-order valence-electron chi connectivity index (χ0n) is 10.8. The largest absolute Gasteiger partial charge is 0.389 e. The molecule has 0 bridgehead atoms. The molecule has 3 nitrogen and oxygen atoms in total. The molecule has 0 aliphatic heterocycles. The van der Waals surface area contributed by atoms with Gasteiger partial charge in [0.2, 0.25) is 0 Å². The molecule has 1 aromatic rings. The molecule has 102 valence electrons. The molecular weight excluding hydrogens is 268 g/mol. The van der Waals surface area contributed by atoms with Crippen molar-refractivity contribution < 1.29 is 13.5 Å². The molecule has 1 N–H and O–H groups in total. The van der Waals surface area contributed by atoms with Crippen molar-refractivity contribution in [2.24, 2.45) is 0 Å². The standard InChI is InChI=1S/C13H20O3S2/c1-3-18(15,16)10-4-9-17-13-7-5-12(6-8-13)11(2)14/h5-8,11,14H,3-4,9-10H2,1-2H3. The monoisotopic (exact) mass is 288 g/mol. The summed E-state index contributed by atoms with van der Waals surface area (Å²) in [5.74, 6) is 1.29. The van der Waals surface area contributed by atoms with Gasteiger partial charge in [0, 0.05) is 10.6 Å². The highest BCUT2D eigenvalue weighted by molar-refractivity contribution is 7.99. The van der Waals surface area contributed by atoms with Crippen LogP contribution in [0.15, 0.2) is 29.2 Å². The molecule has 0 heterocycles. The summed E-state index contributed by atoms with van der Waals surface area (Å²) < 4.78 is 22.6. The van der Waals surface area contributed by atoms with Gasteiger partial charge in [0.1, 0.15) is 9.84 Å². The number of hydrogen-bond donors (Lipinski definition) is 1. The molecular formula is C13H20O3S2. The Hall–Kier alpha value is -0.520. The third-order valence-corrected chi connectivity index (χ3v) is 5.56. The summed E-state index contributed by atoms with van der Waals surface area (Å²) in [4.78, 5) is 1.10. The van der Waals surface area contributed by atoms with Gasteiger partial charge in [0.05, 0.1) is 11.9 Å². The lowest BCUT2D eigenvalue weighted by Gasteiger charge is -2.06. The summed E-state index contributed by atoms with van der Waals surface area (Å²) in [6.45, 7) is 3.41. The molecule has 0 aliphatic carbocycles. The minimum atomic E-state index is -2.84. The minimum Gasteiger partial charge on any atom is -0.389 e. The summed E-state index contributed by atoms with van der Waals surface area (Å²) in [5.41, 5.74) is 0.896. The van der Waals surface area contributed by atoms with Gasteiger partial charge in [-0.1, -0.05) is 19.1 Å². The lowest BCUT2D eigenvalue weighted by molar-refractivity contribution is 0.199. The van der Waals surface area contributed by atoms with Gasteiger partial charge in [0.15, 0.2) is 0 Å². The van der Waals surface area contributed by atoms with Crippen LogP contribution in [-0.2, 0) is 9.84 Å². The van der Waals surface area contributed by atoms with Crippen LogP contribution in [0.25, 0.3) is 0 Å². The molecule has 0 aliphatic rings. The van der Waals surface area contributed by atoms with E-state index < -0.39 is 15.9 Å². The Labute approximate surface area is 114 Å². The fourth-order valence-electron chi connectivity index (χ4n) is 1.46. The van der Waals surface area contributed by atoms with Gasteiger partial charge >= 0.3 is 0 Å². The zero-order valence-corrected chi connectivity index (χ0v) is 12.4. The fourth-order valence-corrected chi connectivity index (χ4v) is 3.36. The Balaban J connectivity index is 2.36. The summed E-state index contributed by atoms with van der Waals surface area (Å²) >= 11 is 1.65. The summed E-state index contributed by atoms with van der Waals surface area (Å²) in [6.07, 6.45) is 0.234. The van der Waals surface area contributed by atoms with Crippen LogP contribution in [0, 0.1) is 0 Å². The average Bonchev–Trinajstić information content (AvgIpc) is 2.35. The topological polar surface area (TPSA) is 54.4 Å². The number of rotatable bonds is 7. The highest BCUT2D eigenvalue weighted by Crippen LogP contribution is 2.21.